The molecular weight excluding hydrogens is 289 g/mol. The number of para-hydroxylation sites is 1. The maximum atomic E-state index is 14.2. The van der Waals surface area contributed by atoms with Crippen molar-refractivity contribution in [1.82, 2.24) is 9.38 Å². The molecule has 0 saturated heterocycles. The maximum Gasteiger partial charge on any atom is 0.143 e. The molecule has 0 saturated carbocycles. The number of rotatable bonds is 3. The minimum atomic E-state index is -0.285. The summed E-state index contributed by atoms with van der Waals surface area (Å²) in [6.07, 6.45) is 1.91. The smallest absolute Gasteiger partial charge is 0.143 e. The molecule has 0 radical (unpaired) electrons. The Balaban J connectivity index is 1.93. The molecule has 0 unspecified atom stereocenters. The molecular formula is C19H14FN3. The second-order valence-electron chi connectivity index (χ2n) is 5.21. The van der Waals surface area contributed by atoms with Crippen molar-refractivity contribution in [3.8, 4) is 11.3 Å². The third kappa shape index (κ3) is 2.44. The molecule has 0 atom stereocenters. The number of hydrogen-bond donors (Lipinski definition) is 1. The van der Waals surface area contributed by atoms with Gasteiger partial charge in [0.15, 0.2) is 0 Å². The summed E-state index contributed by atoms with van der Waals surface area (Å²) >= 11 is 0. The Bertz CT molecular complexity index is 961. The van der Waals surface area contributed by atoms with E-state index >= 15 is 0 Å². The zero-order valence-electron chi connectivity index (χ0n) is 12.3. The molecule has 0 bridgehead atoms. The molecule has 23 heavy (non-hydrogen) atoms. The van der Waals surface area contributed by atoms with E-state index in [1.54, 1.807) is 12.1 Å². The number of halogens is 1. The van der Waals surface area contributed by atoms with Gasteiger partial charge in [-0.25, -0.2) is 9.37 Å². The average Bonchev–Trinajstić information content (AvgIpc) is 2.95. The summed E-state index contributed by atoms with van der Waals surface area (Å²) in [6.45, 7) is 0. The van der Waals surface area contributed by atoms with Crippen molar-refractivity contribution in [2.24, 2.45) is 0 Å². The van der Waals surface area contributed by atoms with Gasteiger partial charge in [-0.3, -0.25) is 4.40 Å². The standard InChI is InChI=1S/C19H14FN3/c20-16-11-5-4-10-15(16)18-19(21-14-8-2-1-3-9-14)23-13-7-6-12-17(23)22-18/h1-13,21H. The summed E-state index contributed by atoms with van der Waals surface area (Å²) in [5, 5.41) is 3.36. The van der Waals surface area contributed by atoms with E-state index in [0.717, 1.165) is 17.2 Å². The maximum absolute atomic E-state index is 14.2. The monoisotopic (exact) mass is 303 g/mol. The van der Waals surface area contributed by atoms with E-state index in [2.05, 4.69) is 10.3 Å². The molecule has 0 aliphatic carbocycles. The lowest BCUT2D eigenvalue weighted by Gasteiger charge is -2.09. The van der Waals surface area contributed by atoms with Crippen molar-refractivity contribution in [3.63, 3.8) is 0 Å². The van der Waals surface area contributed by atoms with Crippen LogP contribution in [-0.2, 0) is 0 Å². The Morgan fingerprint density at radius 3 is 2.39 bits per heavy atom. The van der Waals surface area contributed by atoms with Crippen LogP contribution in [0.5, 0.6) is 0 Å². The molecule has 4 heteroatoms. The Kier molecular flexibility index (Phi) is 3.27. The van der Waals surface area contributed by atoms with Crippen molar-refractivity contribution >= 4 is 17.2 Å². The number of hydrogen-bond acceptors (Lipinski definition) is 2. The Morgan fingerprint density at radius 2 is 1.57 bits per heavy atom. The van der Waals surface area contributed by atoms with Crippen LogP contribution in [0.25, 0.3) is 16.9 Å². The van der Waals surface area contributed by atoms with Crippen molar-refractivity contribution in [2.75, 3.05) is 5.32 Å². The molecule has 0 amide bonds. The number of pyridine rings is 1. The van der Waals surface area contributed by atoms with Gasteiger partial charge in [-0.1, -0.05) is 36.4 Å². The van der Waals surface area contributed by atoms with Crippen molar-refractivity contribution < 1.29 is 4.39 Å². The highest BCUT2D eigenvalue weighted by atomic mass is 19.1. The highest BCUT2D eigenvalue weighted by Crippen LogP contribution is 2.32. The van der Waals surface area contributed by atoms with E-state index in [1.807, 2.05) is 65.2 Å². The van der Waals surface area contributed by atoms with Gasteiger partial charge in [-0.2, -0.15) is 0 Å². The number of aromatic nitrogens is 2. The minimum absolute atomic E-state index is 0.285. The Hall–Kier alpha value is -3.14. The summed E-state index contributed by atoms with van der Waals surface area (Å²) in [4.78, 5) is 4.60. The van der Waals surface area contributed by atoms with E-state index in [4.69, 9.17) is 0 Å². The highest BCUT2D eigenvalue weighted by molar-refractivity contribution is 5.79. The molecule has 0 aliphatic heterocycles. The van der Waals surface area contributed by atoms with Crippen molar-refractivity contribution in [3.05, 3.63) is 84.8 Å². The molecule has 112 valence electrons. The molecule has 0 fully saturated rings. The summed E-state index contributed by atoms with van der Waals surface area (Å²) in [5.74, 6) is 0.462. The first kappa shape index (κ1) is 13.5. The van der Waals surface area contributed by atoms with E-state index < -0.39 is 0 Å². The van der Waals surface area contributed by atoms with Crippen LogP contribution in [0.15, 0.2) is 79.0 Å². The molecule has 2 heterocycles. The van der Waals surface area contributed by atoms with Gasteiger partial charge in [0.25, 0.3) is 0 Å². The third-order valence-corrected chi connectivity index (χ3v) is 3.70. The molecule has 4 aromatic rings. The molecule has 0 aliphatic rings. The number of nitrogens with zero attached hydrogens (tertiary/aromatic N) is 2. The molecule has 3 nitrogen and oxygen atoms in total. The van der Waals surface area contributed by atoms with Gasteiger partial charge in [0, 0.05) is 17.4 Å². The van der Waals surface area contributed by atoms with Crippen LogP contribution in [0, 0.1) is 5.82 Å². The van der Waals surface area contributed by atoms with Crippen molar-refractivity contribution in [1.29, 1.82) is 0 Å². The SMILES string of the molecule is Fc1ccccc1-c1nc2ccccn2c1Nc1ccccc1. The largest absolute Gasteiger partial charge is 0.339 e. The Labute approximate surface area is 133 Å². The zero-order chi connectivity index (χ0) is 15.6. The number of imidazole rings is 1. The zero-order valence-corrected chi connectivity index (χ0v) is 12.3. The van der Waals surface area contributed by atoms with Gasteiger partial charge < -0.3 is 5.32 Å². The summed E-state index contributed by atoms with van der Waals surface area (Å²) in [6, 6.07) is 22.2. The van der Waals surface area contributed by atoms with Gasteiger partial charge in [-0.05, 0) is 36.4 Å². The first-order chi connectivity index (χ1) is 11.3. The predicted molar refractivity (Wildman–Crippen MR) is 90.3 cm³/mol. The lowest BCUT2D eigenvalue weighted by molar-refractivity contribution is 0.631. The fraction of sp³-hybridized carbons (Fsp3) is 0. The molecule has 2 aromatic carbocycles. The fourth-order valence-corrected chi connectivity index (χ4v) is 2.61. The topological polar surface area (TPSA) is 29.3 Å². The van der Waals surface area contributed by atoms with Crippen LogP contribution in [0.1, 0.15) is 0 Å². The van der Waals surface area contributed by atoms with Crippen LogP contribution >= 0.6 is 0 Å². The van der Waals surface area contributed by atoms with Gasteiger partial charge in [-0.15, -0.1) is 0 Å². The highest BCUT2D eigenvalue weighted by Gasteiger charge is 2.16. The lowest BCUT2D eigenvalue weighted by atomic mass is 10.1. The number of fused-ring (bicyclic) bond motifs is 1. The van der Waals surface area contributed by atoms with Crippen LogP contribution in [0.3, 0.4) is 0 Å². The van der Waals surface area contributed by atoms with E-state index in [9.17, 15) is 4.39 Å². The second kappa shape index (κ2) is 5.57. The third-order valence-electron chi connectivity index (χ3n) is 3.70. The van der Waals surface area contributed by atoms with Crippen LogP contribution in [0.2, 0.25) is 0 Å². The average molecular weight is 303 g/mol. The predicted octanol–water partition coefficient (Wildman–Crippen LogP) is 4.88. The van der Waals surface area contributed by atoms with Crippen molar-refractivity contribution in [2.45, 2.75) is 0 Å². The van der Waals surface area contributed by atoms with E-state index in [-0.39, 0.29) is 5.82 Å². The minimum Gasteiger partial charge on any atom is -0.339 e. The summed E-state index contributed by atoms with van der Waals surface area (Å²) < 4.78 is 16.2. The summed E-state index contributed by atoms with van der Waals surface area (Å²) in [5.41, 5.74) is 2.77. The van der Waals surface area contributed by atoms with Crippen LogP contribution in [0.4, 0.5) is 15.9 Å². The normalized spacial score (nSPS) is 10.8. The van der Waals surface area contributed by atoms with Gasteiger partial charge in [0.1, 0.15) is 23.0 Å². The first-order valence-electron chi connectivity index (χ1n) is 7.37. The van der Waals surface area contributed by atoms with Gasteiger partial charge >= 0.3 is 0 Å². The quantitative estimate of drug-likeness (QED) is 0.584. The van der Waals surface area contributed by atoms with Gasteiger partial charge in [0.2, 0.25) is 0 Å². The lowest BCUT2D eigenvalue weighted by Crippen LogP contribution is -1.97. The fourth-order valence-electron chi connectivity index (χ4n) is 2.61. The molecule has 4 rings (SSSR count). The van der Waals surface area contributed by atoms with Crippen LogP contribution in [-0.4, -0.2) is 9.38 Å². The summed E-state index contributed by atoms with van der Waals surface area (Å²) in [7, 11) is 0. The molecule has 2 aromatic heterocycles. The van der Waals surface area contributed by atoms with Gasteiger partial charge in [0.05, 0.1) is 0 Å². The number of benzene rings is 2. The molecule has 0 spiro atoms. The first-order valence-corrected chi connectivity index (χ1v) is 7.37. The van der Waals surface area contributed by atoms with Crippen LogP contribution < -0.4 is 5.32 Å². The second-order valence-corrected chi connectivity index (χ2v) is 5.21. The molecule has 1 N–H and O–H groups in total. The Morgan fingerprint density at radius 1 is 0.826 bits per heavy atom. The number of anilines is 2. The number of nitrogens with one attached hydrogen (secondary N) is 1. The van der Waals surface area contributed by atoms with E-state index in [0.29, 0.717) is 11.3 Å². The van der Waals surface area contributed by atoms with E-state index in [1.165, 1.54) is 6.07 Å².